The third-order valence-corrected chi connectivity index (χ3v) is 5.17. The summed E-state index contributed by atoms with van der Waals surface area (Å²) in [5.74, 6) is 1.18. The molecule has 0 aromatic heterocycles. The maximum Gasteiger partial charge on any atom is 0.0704 e. The summed E-state index contributed by atoms with van der Waals surface area (Å²) in [7, 11) is 1.84. The molecule has 1 saturated heterocycles. The highest BCUT2D eigenvalue weighted by Crippen LogP contribution is 2.44. The predicted molar refractivity (Wildman–Crippen MR) is 77.6 cm³/mol. The first-order valence-electron chi connectivity index (χ1n) is 6.63. The van der Waals surface area contributed by atoms with Crippen LogP contribution in [0.4, 0.5) is 0 Å². The van der Waals surface area contributed by atoms with Crippen molar-refractivity contribution in [1.29, 1.82) is 0 Å². The second kappa shape index (κ2) is 5.50. The molecule has 0 aliphatic carbocycles. The van der Waals surface area contributed by atoms with E-state index in [1.165, 1.54) is 5.75 Å². The van der Waals surface area contributed by atoms with Gasteiger partial charge in [-0.05, 0) is 38.4 Å². The van der Waals surface area contributed by atoms with Crippen molar-refractivity contribution in [2.75, 3.05) is 19.4 Å². The smallest absolute Gasteiger partial charge is 0.0704 e. The summed E-state index contributed by atoms with van der Waals surface area (Å²) in [5, 5.41) is 0.596. The van der Waals surface area contributed by atoms with Gasteiger partial charge >= 0.3 is 0 Å². The quantitative estimate of drug-likeness (QED) is 0.768. The van der Waals surface area contributed by atoms with Gasteiger partial charge in [0, 0.05) is 19.2 Å². The summed E-state index contributed by atoms with van der Waals surface area (Å²) < 4.78 is 5.63. The van der Waals surface area contributed by atoms with E-state index in [1.807, 2.05) is 7.11 Å². The molecule has 0 N–H and O–H groups in total. The molecule has 0 amide bonds. The summed E-state index contributed by atoms with van der Waals surface area (Å²) in [6.45, 7) is 15.0. The van der Waals surface area contributed by atoms with Gasteiger partial charge in [-0.15, -0.1) is 11.8 Å². The van der Waals surface area contributed by atoms with Gasteiger partial charge in [-0.25, -0.2) is 0 Å². The zero-order chi connectivity index (χ0) is 13.3. The highest BCUT2D eigenvalue weighted by molar-refractivity contribution is 7.99. The third-order valence-electron chi connectivity index (χ3n) is 3.63. The van der Waals surface area contributed by atoms with Crippen LogP contribution in [0.3, 0.4) is 0 Å². The maximum atomic E-state index is 5.63. The Hall–Kier alpha value is 0.270. The van der Waals surface area contributed by atoms with Gasteiger partial charge in [0.05, 0.1) is 11.5 Å². The van der Waals surface area contributed by atoms with Crippen LogP contribution in [0.1, 0.15) is 48.0 Å². The van der Waals surface area contributed by atoms with Gasteiger partial charge < -0.3 is 4.74 Å². The molecule has 1 fully saturated rings. The first kappa shape index (κ1) is 15.3. The first-order chi connectivity index (χ1) is 7.72. The molecule has 2 atom stereocenters. The standard InChI is InChI=1S/C14H29NOS/c1-8-17-12-14(5,6)9-11(16-7)10-15(12)13(2,3)4/h11-12H,8-10H2,1-7H3. The number of likely N-dealkylation sites (tertiary alicyclic amines) is 1. The Labute approximate surface area is 111 Å². The largest absolute Gasteiger partial charge is 0.380 e. The molecule has 0 aromatic carbocycles. The van der Waals surface area contributed by atoms with Crippen molar-refractivity contribution >= 4 is 11.8 Å². The lowest BCUT2D eigenvalue weighted by Crippen LogP contribution is -2.60. The topological polar surface area (TPSA) is 12.5 Å². The van der Waals surface area contributed by atoms with E-state index in [-0.39, 0.29) is 5.54 Å². The molecule has 1 aliphatic rings. The minimum atomic E-state index is 0.210. The van der Waals surface area contributed by atoms with E-state index in [1.54, 1.807) is 0 Å². The van der Waals surface area contributed by atoms with Crippen LogP contribution in [0.25, 0.3) is 0 Å². The van der Waals surface area contributed by atoms with Gasteiger partial charge in [-0.3, -0.25) is 4.90 Å². The highest BCUT2D eigenvalue weighted by Gasteiger charge is 2.45. The van der Waals surface area contributed by atoms with Crippen LogP contribution in [0.2, 0.25) is 0 Å². The molecule has 1 rings (SSSR count). The molecule has 2 nitrogen and oxygen atoms in total. The van der Waals surface area contributed by atoms with Crippen molar-refractivity contribution in [3.8, 4) is 0 Å². The molecule has 1 heterocycles. The molecule has 3 heteroatoms. The van der Waals surface area contributed by atoms with Crippen LogP contribution in [-0.4, -0.2) is 41.3 Å². The van der Waals surface area contributed by atoms with E-state index >= 15 is 0 Å². The maximum absolute atomic E-state index is 5.63. The summed E-state index contributed by atoms with van der Waals surface area (Å²) >= 11 is 2.08. The zero-order valence-corrected chi connectivity index (χ0v) is 13.4. The predicted octanol–water partition coefficient (Wildman–Crippen LogP) is 3.61. The van der Waals surface area contributed by atoms with Gasteiger partial charge in [-0.2, -0.15) is 0 Å². The molecular weight excluding hydrogens is 230 g/mol. The highest BCUT2D eigenvalue weighted by atomic mass is 32.2. The fourth-order valence-corrected chi connectivity index (χ4v) is 4.19. The Morgan fingerprint density at radius 2 is 1.94 bits per heavy atom. The Morgan fingerprint density at radius 3 is 2.35 bits per heavy atom. The van der Waals surface area contributed by atoms with Crippen LogP contribution in [0.5, 0.6) is 0 Å². The minimum absolute atomic E-state index is 0.210. The number of rotatable bonds is 3. The van der Waals surface area contributed by atoms with E-state index in [0.717, 1.165) is 13.0 Å². The number of thioether (sulfide) groups is 1. The average molecular weight is 259 g/mol. The minimum Gasteiger partial charge on any atom is -0.380 e. The zero-order valence-electron chi connectivity index (χ0n) is 12.5. The number of methoxy groups -OCH3 is 1. The molecule has 0 spiro atoms. The monoisotopic (exact) mass is 259 g/mol. The van der Waals surface area contributed by atoms with Crippen molar-refractivity contribution in [3.63, 3.8) is 0 Å². The van der Waals surface area contributed by atoms with Crippen LogP contribution in [0, 0.1) is 5.41 Å². The van der Waals surface area contributed by atoms with E-state index in [0.29, 0.717) is 16.9 Å². The van der Waals surface area contributed by atoms with Gasteiger partial charge in [0.1, 0.15) is 0 Å². The van der Waals surface area contributed by atoms with Crippen molar-refractivity contribution < 1.29 is 4.74 Å². The molecule has 0 saturated carbocycles. The SMILES string of the molecule is CCSC1N(C(C)(C)C)CC(OC)CC1(C)C. The molecule has 0 radical (unpaired) electrons. The number of hydrogen-bond donors (Lipinski definition) is 0. The lowest BCUT2D eigenvalue weighted by atomic mass is 9.80. The summed E-state index contributed by atoms with van der Waals surface area (Å²) in [6.07, 6.45) is 1.53. The lowest BCUT2D eigenvalue weighted by molar-refractivity contribution is -0.0631. The molecule has 1 aliphatic heterocycles. The lowest BCUT2D eigenvalue weighted by Gasteiger charge is -2.53. The molecule has 0 bridgehead atoms. The summed E-state index contributed by atoms with van der Waals surface area (Å²) in [5.41, 5.74) is 0.522. The fraction of sp³-hybridized carbons (Fsp3) is 1.00. The van der Waals surface area contributed by atoms with Crippen LogP contribution in [-0.2, 0) is 4.74 Å². The number of nitrogens with zero attached hydrogens (tertiary/aromatic N) is 1. The normalized spacial score (nSPS) is 30.5. The first-order valence-corrected chi connectivity index (χ1v) is 7.68. The number of piperidine rings is 1. The third kappa shape index (κ3) is 3.62. The van der Waals surface area contributed by atoms with Gasteiger partial charge in [0.25, 0.3) is 0 Å². The van der Waals surface area contributed by atoms with Gasteiger partial charge in [-0.1, -0.05) is 20.8 Å². The second-order valence-electron chi connectivity index (χ2n) is 6.68. The second-order valence-corrected chi connectivity index (χ2v) is 8.04. The van der Waals surface area contributed by atoms with Crippen LogP contribution in [0.15, 0.2) is 0 Å². The molecule has 0 aromatic rings. The molecular formula is C14H29NOS. The van der Waals surface area contributed by atoms with Crippen molar-refractivity contribution in [2.24, 2.45) is 5.41 Å². The Morgan fingerprint density at radius 1 is 1.35 bits per heavy atom. The molecule has 17 heavy (non-hydrogen) atoms. The number of ether oxygens (including phenoxy) is 1. The fourth-order valence-electron chi connectivity index (χ4n) is 2.75. The van der Waals surface area contributed by atoms with E-state index in [4.69, 9.17) is 4.74 Å². The average Bonchev–Trinajstić information content (AvgIpc) is 2.18. The number of hydrogen-bond acceptors (Lipinski definition) is 3. The molecule has 2 unspecified atom stereocenters. The van der Waals surface area contributed by atoms with Crippen LogP contribution < -0.4 is 0 Å². The Bertz CT molecular complexity index is 247. The van der Waals surface area contributed by atoms with Crippen molar-refractivity contribution in [3.05, 3.63) is 0 Å². The summed E-state index contributed by atoms with van der Waals surface area (Å²) in [6, 6.07) is 0. The summed E-state index contributed by atoms with van der Waals surface area (Å²) in [4.78, 5) is 2.62. The van der Waals surface area contributed by atoms with Crippen molar-refractivity contribution in [1.82, 2.24) is 4.90 Å². The van der Waals surface area contributed by atoms with Gasteiger partial charge in [0.15, 0.2) is 0 Å². The van der Waals surface area contributed by atoms with E-state index in [2.05, 4.69) is 58.2 Å². The van der Waals surface area contributed by atoms with Crippen LogP contribution >= 0.6 is 11.8 Å². The Kier molecular flexibility index (Phi) is 4.96. The van der Waals surface area contributed by atoms with Gasteiger partial charge in [0.2, 0.25) is 0 Å². The van der Waals surface area contributed by atoms with E-state index < -0.39 is 0 Å². The van der Waals surface area contributed by atoms with Crippen molar-refractivity contribution in [2.45, 2.75) is 65.0 Å². The molecule has 102 valence electrons. The van der Waals surface area contributed by atoms with E-state index in [9.17, 15) is 0 Å². The Balaban J connectivity index is 2.95.